The molecule has 74 valence electrons. The molecule has 0 unspecified atom stereocenters. The molecule has 2 aromatic rings. The summed E-state index contributed by atoms with van der Waals surface area (Å²) < 4.78 is 19.5. The maximum Gasteiger partial charge on any atom is 0.166 e. The van der Waals surface area contributed by atoms with Crippen LogP contribution in [0.3, 0.4) is 0 Å². The molecular formula is C10H8ClFOS. The zero-order chi connectivity index (χ0) is 10.1. The van der Waals surface area contributed by atoms with E-state index >= 15 is 0 Å². The highest BCUT2D eigenvalue weighted by Crippen LogP contribution is 2.35. The van der Waals surface area contributed by atoms with E-state index in [1.165, 1.54) is 13.2 Å². The molecule has 0 radical (unpaired) electrons. The molecule has 1 heterocycles. The quantitative estimate of drug-likeness (QED) is 0.714. The first-order valence-corrected chi connectivity index (χ1v) is 5.48. The van der Waals surface area contributed by atoms with Crippen molar-refractivity contribution in [2.45, 2.75) is 5.88 Å². The van der Waals surface area contributed by atoms with E-state index in [1.807, 2.05) is 11.4 Å². The van der Waals surface area contributed by atoms with Crippen LogP contribution in [0.1, 0.15) is 5.56 Å². The first-order valence-electron chi connectivity index (χ1n) is 4.06. The Morgan fingerprint density at radius 1 is 1.57 bits per heavy atom. The van der Waals surface area contributed by atoms with Gasteiger partial charge in [0.1, 0.15) is 0 Å². The van der Waals surface area contributed by atoms with Crippen molar-refractivity contribution < 1.29 is 9.13 Å². The fourth-order valence-corrected chi connectivity index (χ4v) is 2.66. The second kappa shape index (κ2) is 3.75. The molecule has 0 aliphatic rings. The molecule has 0 amide bonds. The van der Waals surface area contributed by atoms with Gasteiger partial charge >= 0.3 is 0 Å². The number of hydrogen-bond acceptors (Lipinski definition) is 2. The summed E-state index contributed by atoms with van der Waals surface area (Å²) in [7, 11) is 1.47. The van der Waals surface area contributed by atoms with Crippen LogP contribution in [-0.2, 0) is 5.88 Å². The van der Waals surface area contributed by atoms with E-state index in [2.05, 4.69) is 0 Å². The lowest BCUT2D eigenvalue weighted by molar-refractivity contribution is 0.392. The molecule has 0 atom stereocenters. The van der Waals surface area contributed by atoms with E-state index in [0.717, 1.165) is 15.6 Å². The monoisotopic (exact) mass is 230 g/mol. The van der Waals surface area contributed by atoms with Crippen LogP contribution in [0.25, 0.3) is 10.1 Å². The summed E-state index contributed by atoms with van der Waals surface area (Å²) in [5, 5.41) is 2.70. The maximum atomic E-state index is 13.5. The fraction of sp³-hybridized carbons (Fsp3) is 0.200. The average Bonchev–Trinajstić information content (AvgIpc) is 2.65. The van der Waals surface area contributed by atoms with Crippen molar-refractivity contribution in [2.75, 3.05) is 7.11 Å². The van der Waals surface area contributed by atoms with Gasteiger partial charge in [0.15, 0.2) is 11.6 Å². The zero-order valence-corrected chi connectivity index (χ0v) is 9.08. The van der Waals surface area contributed by atoms with Gasteiger partial charge in [-0.25, -0.2) is 4.39 Å². The zero-order valence-electron chi connectivity index (χ0n) is 7.51. The molecule has 0 bridgehead atoms. The van der Waals surface area contributed by atoms with Crippen molar-refractivity contribution in [1.29, 1.82) is 0 Å². The summed E-state index contributed by atoms with van der Waals surface area (Å²) in [4.78, 5) is 0. The topological polar surface area (TPSA) is 9.23 Å². The third-order valence-corrected chi connectivity index (χ3v) is 3.35. The van der Waals surface area contributed by atoms with Crippen molar-refractivity contribution in [3.05, 3.63) is 28.9 Å². The third kappa shape index (κ3) is 1.37. The van der Waals surface area contributed by atoms with E-state index in [9.17, 15) is 4.39 Å². The molecule has 14 heavy (non-hydrogen) atoms. The lowest BCUT2D eigenvalue weighted by Gasteiger charge is -2.06. The maximum absolute atomic E-state index is 13.5. The van der Waals surface area contributed by atoms with Gasteiger partial charge < -0.3 is 4.74 Å². The summed E-state index contributed by atoms with van der Waals surface area (Å²) in [6.07, 6.45) is 0. The van der Waals surface area contributed by atoms with Gasteiger partial charge in [-0.3, -0.25) is 0 Å². The Hall–Kier alpha value is -0.800. The van der Waals surface area contributed by atoms with Crippen LogP contribution in [0.5, 0.6) is 5.75 Å². The SMILES string of the molecule is COc1c(F)cc(CCl)c2sccc12. The molecule has 1 aromatic carbocycles. The van der Waals surface area contributed by atoms with E-state index in [4.69, 9.17) is 16.3 Å². The Balaban J connectivity index is 2.81. The molecule has 1 nitrogen and oxygen atoms in total. The van der Waals surface area contributed by atoms with E-state index in [1.54, 1.807) is 11.3 Å². The van der Waals surface area contributed by atoms with E-state index < -0.39 is 0 Å². The standard InChI is InChI=1S/C10H8ClFOS/c1-13-9-7-2-3-14-10(7)6(5-11)4-8(9)12/h2-4H,5H2,1H3. The van der Waals surface area contributed by atoms with Crippen LogP contribution in [0.4, 0.5) is 4.39 Å². The van der Waals surface area contributed by atoms with Gasteiger partial charge in [0.2, 0.25) is 0 Å². The molecular weight excluding hydrogens is 223 g/mol. The number of benzene rings is 1. The summed E-state index contributed by atoms with van der Waals surface area (Å²) in [6.45, 7) is 0. The number of ether oxygens (including phenoxy) is 1. The molecule has 0 spiro atoms. The van der Waals surface area contributed by atoms with Crippen LogP contribution in [0.2, 0.25) is 0 Å². The number of hydrogen-bond donors (Lipinski definition) is 0. The minimum atomic E-state index is -0.353. The number of halogens is 2. The van der Waals surface area contributed by atoms with Crippen LogP contribution in [0, 0.1) is 5.82 Å². The van der Waals surface area contributed by atoms with Gasteiger partial charge in [-0.2, -0.15) is 0 Å². The number of methoxy groups -OCH3 is 1. The molecule has 0 N–H and O–H groups in total. The number of thiophene rings is 1. The highest BCUT2D eigenvalue weighted by atomic mass is 35.5. The van der Waals surface area contributed by atoms with Gasteiger partial charge in [0, 0.05) is 16.0 Å². The molecule has 0 saturated carbocycles. The third-order valence-electron chi connectivity index (χ3n) is 2.07. The first kappa shape index (κ1) is 9.74. The Labute approximate surface area is 90.1 Å². The number of alkyl halides is 1. The van der Waals surface area contributed by atoms with Gasteiger partial charge in [0.25, 0.3) is 0 Å². The molecule has 0 fully saturated rings. The van der Waals surface area contributed by atoms with Crippen molar-refractivity contribution in [3.63, 3.8) is 0 Å². The van der Waals surface area contributed by atoms with Gasteiger partial charge in [-0.15, -0.1) is 22.9 Å². The van der Waals surface area contributed by atoms with Crippen molar-refractivity contribution in [2.24, 2.45) is 0 Å². The van der Waals surface area contributed by atoms with Crippen molar-refractivity contribution in [3.8, 4) is 5.75 Å². The molecule has 0 saturated heterocycles. The van der Waals surface area contributed by atoms with Crippen LogP contribution in [-0.4, -0.2) is 7.11 Å². The van der Waals surface area contributed by atoms with Crippen LogP contribution in [0.15, 0.2) is 17.5 Å². The Morgan fingerprint density at radius 3 is 3.00 bits per heavy atom. The largest absolute Gasteiger partial charge is 0.493 e. The highest BCUT2D eigenvalue weighted by Gasteiger charge is 2.12. The molecule has 4 heteroatoms. The Kier molecular flexibility index (Phi) is 2.61. The highest BCUT2D eigenvalue weighted by molar-refractivity contribution is 7.17. The minimum absolute atomic E-state index is 0.301. The predicted molar refractivity (Wildman–Crippen MR) is 57.9 cm³/mol. The molecule has 0 aliphatic carbocycles. The smallest absolute Gasteiger partial charge is 0.166 e. The average molecular weight is 231 g/mol. The second-order valence-corrected chi connectivity index (χ2v) is 4.03. The van der Waals surface area contributed by atoms with E-state index in [0.29, 0.717) is 11.6 Å². The number of rotatable bonds is 2. The first-order chi connectivity index (χ1) is 6.77. The second-order valence-electron chi connectivity index (χ2n) is 2.85. The lowest BCUT2D eigenvalue weighted by Crippen LogP contribution is -1.90. The summed E-state index contributed by atoms with van der Waals surface area (Å²) in [5.74, 6) is 0.266. The fourth-order valence-electron chi connectivity index (χ4n) is 1.46. The minimum Gasteiger partial charge on any atom is -0.493 e. The van der Waals surface area contributed by atoms with Gasteiger partial charge in [-0.1, -0.05) is 0 Å². The van der Waals surface area contributed by atoms with Crippen LogP contribution >= 0.6 is 22.9 Å². The van der Waals surface area contributed by atoms with Gasteiger partial charge in [-0.05, 0) is 23.1 Å². The number of fused-ring (bicyclic) bond motifs is 1. The van der Waals surface area contributed by atoms with Crippen molar-refractivity contribution >= 4 is 33.0 Å². The summed E-state index contributed by atoms with van der Waals surface area (Å²) in [6, 6.07) is 3.28. The molecule has 2 rings (SSSR count). The van der Waals surface area contributed by atoms with E-state index in [-0.39, 0.29) is 5.82 Å². The molecule has 0 aliphatic heterocycles. The lowest BCUT2D eigenvalue weighted by atomic mass is 10.1. The summed E-state index contributed by atoms with van der Waals surface area (Å²) >= 11 is 7.28. The summed E-state index contributed by atoms with van der Waals surface area (Å²) in [5.41, 5.74) is 0.815. The normalized spacial score (nSPS) is 10.8. The Morgan fingerprint density at radius 2 is 2.36 bits per heavy atom. The molecule has 1 aromatic heterocycles. The van der Waals surface area contributed by atoms with Gasteiger partial charge in [0.05, 0.1) is 7.11 Å². The van der Waals surface area contributed by atoms with Crippen LogP contribution < -0.4 is 4.74 Å². The Bertz CT molecular complexity index is 466. The predicted octanol–water partition coefficient (Wildman–Crippen LogP) is 3.79. The van der Waals surface area contributed by atoms with Crippen molar-refractivity contribution in [1.82, 2.24) is 0 Å².